The van der Waals surface area contributed by atoms with Gasteiger partial charge in [-0.15, -0.1) is 0 Å². The van der Waals surface area contributed by atoms with Crippen LogP contribution in [0.4, 0.5) is 13.2 Å². The number of nitrogens with one attached hydrogen (secondary N) is 2. The van der Waals surface area contributed by atoms with Gasteiger partial charge < -0.3 is 9.97 Å². The number of rotatable bonds is 3. The van der Waals surface area contributed by atoms with Gasteiger partial charge in [0, 0.05) is 6.54 Å². The number of H-pyrrole nitrogens is 2. The Hall–Kier alpha value is -1.76. The predicted octanol–water partition coefficient (Wildman–Crippen LogP) is 1.85. The molecule has 2 rings (SSSR count). The van der Waals surface area contributed by atoms with E-state index in [0.717, 1.165) is 0 Å². The highest BCUT2D eigenvalue weighted by molar-refractivity contribution is 5.74. The van der Waals surface area contributed by atoms with Crippen LogP contribution in [0, 0.1) is 0 Å². The summed E-state index contributed by atoms with van der Waals surface area (Å²) in [6.45, 7) is -0.794. The van der Waals surface area contributed by atoms with Crippen molar-refractivity contribution in [2.45, 2.75) is 12.7 Å². The Morgan fingerprint density at radius 2 is 1.89 bits per heavy atom. The van der Waals surface area contributed by atoms with Gasteiger partial charge in [0.2, 0.25) is 0 Å². The third-order valence-corrected chi connectivity index (χ3v) is 2.48. The van der Waals surface area contributed by atoms with E-state index in [-0.39, 0.29) is 12.2 Å². The van der Waals surface area contributed by atoms with Crippen molar-refractivity contribution in [2.75, 3.05) is 13.6 Å². The molecular weight excluding hydrogens is 247 g/mol. The van der Waals surface area contributed by atoms with E-state index in [2.05, 4.69) is 9.97 Å². The SMILES string of the molecule is CN(Cc1ccc2[nH]c(=O)[nH]c2c1)CC(F)(F)F. The highest BCUT2D eigenvalue weighted by atomic mass is 19.4. The van der Waals surface area contributed by atoms with Crippen LogP contribution in [0.2, 0.25) is 0 Å². The quantitative estimate of drug-likeness (QED) is 0.883. The van der Waals surface area contributed by atoms with Crippen LogP contribution in [0.25, 0.3) is 11.0 Å². The first kappa shape index (κ1) is 12.7. The molecule has 1 heterocycles. The van der Waals surface area contributed by atoms with Crippen LogP contribution in [-0.2, 0) is 6.54 Å². The van der Waals surface area contributed by atoms with E-state index >= 15 is 0 Å². The topological polar surface area (TPSA) is 51.9 Å². The molecule has 0 aliphatic heterocycles. The van der Waals surface area contributed by atoms with Crippen molar-refractivity contribution in [1.29, 1.82) is 0 Å². The van der Waals surface area contributed by atoms with E-state index in [0.29, 0.717) is 16.6 Å². The highest BCUT2D eigenvalue weighted by Gasteiger charge is 2.29. The molecule has 0 aliphatic rings. The van der Waals surface area contributed by atoms with Gasteiger partial charge in [-0.1, -0.05) is 6.07 Å². The molecule has 1 aromatic heterocycles. The van der Waals surface area contributed by atoms with Crippen molar-refractivity contribution >= 4 is 11.0 Å². The number of hydrogen-bond donors (Lipinski definition) is 2. The molecule has 7 heteroatoms. The number of hydrogen-bond acceptors (Lipinski definition) is 2. The molecule has 2 aromatic rings. The molecule has 18 heavy (non-hydrogen) atoms. The molecule has 1 aromatic carbocycles. The Labute approximate surface area is 100 Å². The van der Waals surface area contributed by atoms with Crippen LogP contribution in [0.1, 0.15) is 5.56 Å². The van der Waals surface area contributed by atoms with E-state index < -0.39 is 12.7 Å². The number of halogens is 3. The molecule has 0 radical (unpaired) electrons. The van der Waals surface area contributed by atoms with Gasteiger partial charge in [0.1, 0.15) is 0 Å². The van der Waals surface area contributed by atoms with Crippen LogP contribution in [0.5, 0.6) is 0 Å². The summed E-state index contributed by atoms with van der Waals surface area (Å²) in [4.78, 5) is 17.4. The molecule has 0 saturated carbocycles. The van der Waals surface area contributed by atoms with Crippen molar-refractivity contribution in [3.05, 3.63) is 34.2 Å². The van der Waals surface area contributed by atoms with Crippen molar-refractivity contribution < 1.29 is 13.2 Å². The Bertz CT molecular complexity index is 599. The van der Waals surface area contributed by atoms with Crippen molar-refractivity contribution in [3.63, 3.8) is 0 Å². The summed E-state index contributed by atoms with van der Waals surface area (Å²) in [5.41, 5.74) is 1.62. The van der Waals surface area contributed by atoms with Crippen LogP contribution in [-0.4, -0.2) is 34.6 Å². The second kappa shape index (κ2) is 4.49. The summed E-state index contributed by atoms with van der Waals surface area (Å²) in [6, 6.07) is 5.03. The van der Waals surface area contributed by atoms with E-state index in [1.807, 2.05) is 0 Å². The second-order valence-electron chi connectivity index (χ2n) is 4.25. The number of aromatic nitrogens is 2. The first-order chi connectivity index (χ1) is 8.33. The molecule has 98 valence electrons. The van der Waals surface area contributed by atoms with Crippen LogP contribution >= 0.6 is 0 Å². The van der Waals surface area contributed by atoms with Crippen LogP contribution < -0.4 is 5.69 Å². The smallest absolute Gasteiger partial charge is 0.306 e. The van der Waals surface area contributed by atoms with Crippen molar-refractivity contribution in [3.8, 4) is 0 Å². The zero-order chi connectivity index (χ0) is 13.3. The van der Waals surface area contributed by atoms with Gasteiger partial charge in [-0.2, -0.15) is 13.2 Å². The Morgan fingerprint density at radius 3 is 2.56 bits per heavy atom. The largest absolute Gasteiger partial charge is 0.401 e. The van der Waals surface area contributed by atoms with Gasteiger partial charge in [0.15, 0.2) is 0 Å². The summed E-state index contributed by atoms with van der Waals surface area (Å²) < 4.78 is 36.5. The summed E-state index contributed by atoms with van der Waals surface area (Å²) >= 11 is 0. The molecule has 0 fully saturated rings. The fraction of sp³-hybridized carbons (Fsp3) is 0.364. The molecular formula is C11H12F3N3O. The van der Waals surface area contributed by atoms with Crippen molar-refractivity contribution in [1.82, 2.24) is 14.9 Å². The molecule has 0 amide bonds. The molecule has 0 unspecified atom stereocenters. The van der Waals surface area contributed by atoms with Gasteiger partial charge in [-0.25, -0.2) is 4.79 Å². The van der Waals surface area contributed by atoms with E-state index in [9.17, 15) is 18.0 Å². The molecule has 2 N–H and O–H groups in total. The molecule has 4 nitrogen and oxygen atoms in total. The van der Waals surface area contributed by atoms with Gasteiger partial charge in [-0.05, 0) is 24.7 Å². The number of alkyl halides is 3. The minimum Gasteiger partial charge on any atom is -0.306 e. The standard InChI is InChI=1S/C11H12F3N3O/c1-17(6-11(12,13)14)5-7-2-3-8-9(4-7)16-10(18)15-8/h2-4H,5-6H2,1H3,(H2,15,16,18). The number of nitrogens with zero attached hydrogens (tertiary/aromatic N) is 1. The highest BCUT2D eigenvalue weighted by Crippen LogP contribution is 2.18. The summed E-state index contributed by atoms with van der Waals surface area (Å²) in [5, 5.41) is 0. The number of benzene rings is 1. The maximum atomic E-state index is 12.2. The fourth-order valence-corrected chi connectivity index (χ4v) is 1.85. The van der Waals surface area contributed by atoms with E-state index in [1.54, 1.807) is 18.2 Å². The van der Waals surface area contributed by atoms with E-state index in [1.165, 1.54) is 11.9 Å². The van der Waals surface area contributed by atoms with Crippen LogP contribution in [0.3, 0.4) is 0 Å². The zero-order valence-corrected chi connectivity index (χ0v) is 9.64. The Kier molecular flexibility index (Phi) is 3.16. The minimum atomic E-state index is -4.21. The fourth-order valence-electron chi connectivity index (χ4n) is 1.85. The summed E-state index contributed by atoms with van der Waals surface area (Å²) in [5.74, 6) is 0. The average Bonchev–Trinajstić information content (AvgIpc) is 2.53. The lowest BCUT2D eigenvalue weighted by atomic mass is 10.2. The number of fused-ring (bicyclic) bond motifs is 1. The van der Waals surface area contributed by atoms with Gasteiger partial charge in [-0.3, -0.25) is 4.90 Å². The lowest BCUT2D eigenvalue weighted by Crippen LogP contribution is -2.30. The average molecular weight is 259 g/mol. The summed E-state index contributed by atoms with van der Waals surface area (Å²) in [6.07, 6.45) is -4.21. The number of imidazole rings is 1. The third kappa shape index (κ3) is 3.13. The molecule has 0 spiro atoms. The molecule has 0 bridgehead atoms. The van der Waals surface area contributed by atoms with Crippen molar-refractivity contribution in [2.24, 2.45) is 0 Å². The molecule has 0 saturated heterocycles. The van der Waals surface area contributed by atoms with Gasteiger partial charge in [0.05, 0.1) is 17.6 Å². The Morgan fingerprint density at radius 1 is 1.22 bits per heavy atom. The minimum absolute atomic E-state index is 0.169. The first-order valence-electron chi connectivity index (χ1n) is 5.30. The molecule has 0 atom stereocenters. The summed E-state index contributed by atoms with van der Waals surface area (Å²) in [7, 11) is 1.40. The van der Waals surface area contributed by atoms with E-state index in [4.69, 9.17) is 0 Å². The lowest BCUT2D eigenvalue weighted by Gasteiger charge is -2.18. The first-order valence-corrected chi connectivity index (χ1v) is 5.30. The lowest BCUT2D eigenvalue weighted by molar-refractivity contribution is -0.144. The van der Waals surface area contributed by atoms with Gasteiger partial charge in [0.25, 0.3) is 0 Å². The zero-order valence-electron chi connectivity index (χ0n) is 9.64. The Balaban J connectivity index is 2.14. The van der Waals surface area contributed by atoms with Gasteiger partial charge >= 0.3 is 11.9 Å². The number of aromatic amines is 2. The third-order valence-electron chi connectivity index (χ3n) is 2.48. The second-order valence-corrected chi connectivity index (χ2v) is 4.25. The van der Waals surface area contributed by atoms with Crippen LogP contribution in [0.15, 0.2) is 23.0 Å². The monoisotopic (exact) mass is 259 g/mol. The maximum Gasteiger partial charge on any atom is 0.401 e. The normalized spacial score (nSPS) is 12.5. The maximum absolute atomic E-state index is 12.2. The predicted molar refractivity (Wildman–Crippen MR) is 61.3 cm³/mol. The molecule has 0 aliphatic carbocycles.